The summed E-state index contributed by atoms with van der Waals surface area (Å²) >= 11 is 0. The lowest BCUT2D eigenvalue weighted by Gasteiger charge is -1.88. The fraction of sp³-hybridized carbons (Fsp3) is 0. The Balaban J connectivity index is 3.03. The zero-order valence-electron chi connectivity index (χ0n) is 6.11. The maximum Gasteiger partial charge on any atom is 0.193 e. The standard InChI is InChI=1S/C9H4N2O/c10-7-9-6-8(2-1-5-12)3-4-11-9/h3-6H. The highest BCUT2D eigenvalue weighted by molar-refractivity contribution is 5.73. The summed E-state index contributed by atoms with van der Waals surface area (Å²) in [4.78, 5) is 13.6. The summed E-state index contributed by atoms with van der Waals surface area (Å²) in [6.07, 6.45) is 1.99. The van der Waals surface area contributed by atoms with Gasteiger partial charge in [-0.2, -0.15) is 5.26 Å². The molecule has 0 fully saturated rings. The minimum atomic E-state index is 0.299. The molecule has 0 spiro atoms. The minimum Gasteiger partial charge on any atom is -0.289 e. The molecular weight excluding hydrogens is 152 g/mol. The molecule has 0 amide bonds. The lowest BCUT2D eigenvalue weighted by Crippen LogP contribution is -1.82. The number of nitrogens with zero attached hydrogens (tertiary/aromatic N) is 2. The number of aldehydes is 1. The Kier molecular flexibility index (Phi) is 2.59. The molecule has 0 aliphatic rings. The largest absolute Gasteiger partial charge is 0.289 e. The zero-order valence-corrected chi connectivity index (χ0v) is 6.11. The molecule has 12 heavy (non-hydrogen) atoms. The highest BCUT2D eigenvalue weighted by atomic mass is 16.1. The Morgan fingerprint density at radius 3 is 3.08 bits per heavy atom. The van der Waals surface area contributed by atoms with Gasteiger partial charge in [0, 0.05) is 11.8 Å². The number of nitriles is 1. The third-order valence-corrected chi connectivity index (χ3v) is 1.15. The lowest BCUT2D eigenvalue weighted by atomic mass is 10.2. The van der Waals surface area contributed by atoms with Crippen molar-refractivity contribution in [3.8, 4) is 17.9 Å². The van der Waals surface area contributed by atoms with Gasteiger partial charge in [-0.05, 0) is 18.1 Å². The van der Waals surface area contributed by atoms with Crippen molar-refractivity contribution in [1.82, 2.24) is 4.98 Å². The molecule has 56 valence electrons. The van der Waals surface area contributed by atoms with Crippen LogP contribution in [0, 0.1) is 23.2 Å². The smallest absolute Gasteiger partial charge is 0.193 e. The Labute approximate surface area is 69.7 Å². The van der Waals surface area contributed by atoms with Gasteiger partial charge >= 0.3 is 0 Å². The van der Waals surface area contributed by atoms with Gasteiger partial charge in [0.05, 0.1) is 0 Å². The molecule has 1 heterocycles. The molecule has 3 nitrogen and oxygen atoms in total. The van der Waals surface area contributed by atoms with E-state index in [9.17, 15) is 4.79 Å². The van der Waals surface area contributed by atoms with E-state index < -0.39 is 0 Å². The van der Waals surface area contributed by atoms with E-state index >= 15 is 0 Å². The first-order chi connectivity index (χ1) is 5.86. The van der Waals surface area contributed by atoms with E-state index in [1.807, 2.05) is 6.07 Å². The Hall–Kier alpha value is -2.13. The molecule has 0 aliphatic carbocycles. The first kappa shape index (κ1) is 7.97. The van der Waals surface area contributed by atoms with Crippen molar-refractivity contribution in [2.75, 3.05) is 0 Å². The molecular formula is C9H4N2O. The van der Waals surface area contributed by atoms with Crippen LogP contribution in [0.2, 0.25) is 0 Å². The van der Waals surface area contributed by atoms with Gasteiger partial charge in [-0.25, -0.2) is 4.98 Å². The van der Waals surface area contributed by atoms with Gasteiger partial charge in [0.15, 0.2) is 6.29 Å². The number of carbonyl (C=O) groups excluding carboxylic acids is 1. The van der Waals surface area contributed by atoms with Crippen LogP contribution in [0.25, 0.3) is 0 Å². The molecule has 0 bridgehead atoms. The third kappa shape index (κ3) is 1.93. The molecule has 0 atom stereocenters. The SMILES string of the molecule is N#Cc1cc(C#CC=O)ccn1. The second-order valence-electron chi connectivity index (χ2n) is 1.93. The van der Waals surface area contributed by atoms with E-state index in [2.05, 4.69) is 16.8 Å². The second-order valence-corrected chi connectivity index (χ2v) is 1.93. The number of carbonyl (C=O) groups is 1. The van der Waals surface area contributed by atoms with E-state index in [0.29, 0.717) is 17.5 Å². The second kappa shape index (κ2) is 3.90. The van der Waals surface area contributed by atoms with Gasteiger partial charge in [-0.1, -0.05) is 5.92 Å². The molecule has 0 aliphatic heterocycles. The monoisotopic (exact) mass is 156 g/mol. The zero-order chi connectivity index (χ0) is 8.81. The van der Waals surface area contributed by atoms with Crippen LogP contribution in [-0.2, 0) is 4.79 Å². The van der Waals surface area contributed by atoms with Crippen molar-refractivity contribution in [3.63, 3.8) is 0 Å². The first-order valence-corrected chi connectivity index (χ1v) is 3.18. The summed E-state index contributed by atoms with van der Waals surface area (Å²) < 4.78 is 0. The average molecular weight is 156 g/mol. The summed E-state index contributed by atoms with van der Waals surface area (Å²) in [5.74, 6) is 4.81. The fourth-order valence-electron chi connectivity index (χ4n) is 0.682. The predicted molar refractivity (Wildman–Crippen MR) is 41.9 cm³/mol. The minimum absolute atomic E-state index is 0.299. The highest BCUT2D eigenvalue weighted by Gasteiger charge is 1.90. The number of aromatic nitrogens is 1. The molecule has 0 saturated heterocycles. The van der Waals surface area contributed by atoms with Gasteiger partial charge in [-0.3, -0.25) is 4.79 Å². The van der Waals surface area contributed by atoms with Crippen LogP contribution >= 0.6 is 0 Å². The molecule has 0 saturated carbocycles. The summed E-state index contributed by atoms with van der Waals surface area (Å²) in [5, 5.41) is 8.46. The van der Waals surface area contributed by atoms with E-state index in [0.717, 1.165) is 0 Å². The van der Waals surface area contributed by atoms with Gasteiger partial charge in [0.2, 0.25) is 0 Å². The lowest BCUT2D eigenvalue weighted by molar-refractivity contribution is -0.103. The Morgan fingerprint density at radius 1 is 1.58 bits per heavy atom. The molecule has 1 aromatic heterocycles. The van der Waals surface area contributed by atoms with Crippen LogP contribution in [0.5, 0.6) is 0 Å². The van der Waals surface area contributed by atoms with Crippen molar-refractivity contribution in [2.45, 2.75) is 0 Å². The van der Waals surface area contributed by atoms with E-state index in [1.165, 1.54) is 12.3 Å². The molecule has 0 radical (unpaired) electrons. The van der Waals surface area contributed by atoms with E-state index in [1.54, 1.807) is 6.07 Å². The first-order valence-electron chi connectivity index (χ1n) is 3.18. The van der Waals surface area contributed by atoms with Gasteiger partial charge in [0.25, 0.3) is 0 Å². The third-order valence-electron chi connectivity index (χ3n) is 1.15. The number of pyridine rings is 1. The van der Waals surface area contributed by atoms with Crippen molar-refractivity contribution < 1.29 is 4.79 Å². The van der Waals surface area contributed by atoms with Crippen LogP contribution in [-0.4, -0.2) is 11.3 Å². The number of hydrogen-bond acceptors (Lipinski definition) is 3. The van der Waals surface area contributed by atoms with Crippen molar-refractivity contribution >= 4 is 6.29 Å². The van der Waals surface area contributed by atoms with Crippen molar-refractivity contribution in [1.29, 1.82) is 5.26 Å². The Bertz CT molecular complexity index is 393. The summed E-state index contributed by atoms with van der Waals surface area (Å²) in [6, 6.07) is 5.04. The van der Waals surface area contributed by atoms with Crippen LogP contribution < -0.4 is 0 Å². The average Bonchev–Trinajstić information content (AvgIpc) is 2.15. The number of hydrogen-bond donors (Lipinski definition) is 0. The summed E-state index contributed by atoms with van der Waals surface area (Å²) in [6.45, 7) is 0. The number of rotatable bonds is 0. The predicted octanol–water partition coefficient (Wildman–Crippen LogP) is 0.504. The van der Waals surface area contributed by atoms with Crippen molar-refractivity contribution in [3.05, 3.63) is 29.6 Å². The highest BCUT2D eigenvalue weighted by Crippen LogP contribution is 1.97. The molecule has 1 aromatic rings. The van der Waals surface area contributed by atoms with Gasteiger partial charge < -0.3 is 0 Å². The van der Waals surface area contributed by atoms with Gasteiger partial charge in [0.1, 0.15) is 11.8 Å². The summed E-state index contributed by atoms with van der Waals surface area (Å²) in [5.41, 5.74) is 0.918. The quantitative estimate of drug-likeness (QED) is 0.406. The van der Waals surface area contributed by atoms with E-state index in [-0.39, 0.29) is 0 Å². The maximum atomic E-state index is 9.88. The van der Waals surface area contributed by atoms with Gasteiger partial charge in [-0.15, -0.1) is 0 Å². The van der Waals surface area contributed by atoms with Crippen LogP contribution in [0.1, 0.15) is 11.3 Å². The molecule has 1 rings (SSSR count). The molecule has 0 N–H and O–H groups in total. The Morgan fingerprint density at radius 2 is 2.42 bits per heavy atom. The maximum absolute atomic E-state index is 9.88. The van der Waals surface area contributed by atoms with Crippen LogP contribution in [0.15, 0.2) is 18.3 Å². The summed E-state index contributed by atoms with van der Waals surface area (Å²) in [7, 11) is 0. The van der Waals surface area contributed by atoms with Crippen LogP contribution in [0.3, 0.4) is 0 Å². The van der Waals surface area contributed by atoms with Crippen LogP contribution in [0.4, 0.5) is 0 Å². The topological polar surface area (TPSA) is 53.8 Å². The molecule has 0 aromatic carbocycles. The van der Waals surface area contributed by atoms with E-state index in [4.69, 9.17) is 5.26 Å². The normalized spacial score (nSPS) is 7.58. The molecule has 3 heteroatoms. The fourth-order valence-corrected chi connectivity index (χ4v) is 0.682. The molecule has 0 unspecified atom stereocenters. The van der Waals surface area contributed by atoms with Crippen molar-refractivity contribution in [2.24, 2.45) is 0 Å².